The average Bonchev–Trinajstić information content (AvgIpc) is 2.38. The van der Waals surface area contributed by atoms with E-state index in [0.717, 1.165) is 12.8 Å². The van der Waals surface area contributed by atoms with E-state index in [2.05, 4.69) is 6.92 Å². The Hall–Kier alpha value is -0.650. The van der Waals surface area contributed by atoms with Crippen LogP contribution in [0.3, 0.4) is 0 Å². The standard InChI is InChI=1S/C13H17ClFNO2S/c1-10-4-6-16(7-5-10)19(17,18)13-3-2-11(9-14)8-12(13)15/h2-3,8,10H,4-7,9H2,1H3. The Kier molecular flexibility index (Phi) is 4.48. The molecule has 1 aromatic rings. The van der Waals surface area contributed by atoms with E-state index in [9.17, 15) is 12.8 Å². The van der Waals surface area contributed by atoms with E-state index in [1.807, 2.05) is 0 Å². The molecule has 6 heteroatoms. The Labute approximate surface area is 118 Å². The van der Waals surface area contributed by atoms with Crippen molar-refractivity contribution in [3.63, 3.8) is 0 Å². The number of sulfonamides is 1. The van der Waals surface area contributed by atoms with Gasteiger partial charge in [0.1, 0.15) is 10.7 Å². The Morgan fingerprint density at radius 3 is 2.53 bits per heavy atom. The molecular formula is C13H17ClFNO2S. The maximum Gasteiger partial charge on any atom is 0.245 e. The largest absolute Gasteiger partial charge is 0.245 e. The zero-order chi connectivity index (χ0) is 14.0. The summed E-state index contributed by atoms with van der Waals surface area (Å²) in [6.45, 7) is 3.01. The molecule has 0 radical (unpaired) electrons. The van der Waals surface area contributed by atoms with Gasteiger partial charge in [-0.1, -0.05) is 13.0 Å². The molecule has 1 saturated heterocycles. The third kappa shape index (κ3) is 3.09. The quantitative estimate of drug-likeness (QED) is 0.805. The van der Waals surface area contributed by atoms with Crippen molar-refractivity contribution in [2.45, 2.75) is 30.5 Å². The molecule has 1 aliphatic rings. The van der Waals surface area contributed by atoms with Crippen LogP contribution >= 0.6 is 11.6 Å². The molecule has 1 aromatic carbocycles. The summed E-state index contributed by atoms with van der Waals surface area (Å²) < 4.78 is 40.0. The van der Waals surface area contributed by atoms with E-state index < -0.39 is 15.8 Å². The van der Waals surface area contributed by atoms with Gasteiger partial charge in [0, 0.05) is 19.0 Å². The molecule has 0 unspecified atom stereocenters. The van der Waals surface area contributed by atoms with Crippen molar-refractivity contribution in [2.24, 2.45) is 5.92 Å². The van der Waals surface area contributed by atoms with E-state index in [0.29, 0.717) is 24.6 Å². The van der Waals surface area contributed by atoms with Crippen LogP contribution in [0.5, 0.6) is 0 Å². The minimum atomic E-state index is -3.73. The third-order valence-electron chi connectivity index (χ3n) is 3.51. The molecule has 0 N–H and O–H groups in total. The molecule has 1 heterocycles. The second-order valence-electron chi connectivity index (χ2n) is 4.99. The van der Waals surface area contributed by atoms with Crippen molar-refractivity contribution in [3.8, 4) is 0 Å². The zero-order valence-electron chi connectivity index (χ0n) is 10.8. The van der Waals surface area contributed by atoms with Crippen LogP contribution in [0.15, 0.2) is 23.1 Å². The molecule has 2 rings (SSSR count). The molecule has 0 aliphatic carbocycles. The fourth-order valence-electron chi connectivity index (χ4n) is 2.20. The highest BCUT2D eigenvalue weighted by atomic mass is 35.5. The van der Waals surface area contributed by atoms with Crippen LogP contribution in [0.4, 0.5) is 4.39 Å². The predicted octanol–water partition coefficient (Wildman–Crippen LogP) is 2.99. The maximum absolute atomic E-state index is 13.9. The first-order valence-electron chi connectivity index (χ1n) is 6.29. The second kappa shape index (κ2) is 5.77. The summed E-state index contributed by atoms with van der Waals surface area (Å²) in [5, 5.41) is 0. The number of alkyl halides is 1. The summed E-state index contributed by atoms with van der Waals surface area (Å²) in [4.78, 5) is -0.254. The topological polar surface area (TPSA) is 37.4 Å². The first-order valence-corrected chi connectivity index (χ1v) is 8.27. The van der Waals surface area contributed by atoms with E-state index in [4.69, 9.17) is 11.6 Å². The molecule has 19 heavy (non-hydrogen) atoms. The van der Waals surface area contributed by atoms with Crippen molar-refractivity contribution in [2.75, 3.05) is 13.1 Å². The normalized spacial score (nSPS) is 18.7. The van der Waals surface area contributed by atoms with E-state index in [1.165, 1.54) is 16.4 Å². The Morgan fingerprint density at radius 2 is 2.00 bits per heavy atom. The van der Waals surface area contributed by atoms with Crippen LogP contribution in [0.2, 0.25) is 0 Å². The first-order chi connectivity index (χ1) is 8.95. The lowest BCUT2D eigenvalue weighted by molar-refractivity contribution is 0.287. The lowest BCUT2D eigenvalue weighted by Gasteiger charge is -2.29. The lowest BCUT2D eigenvalue weighted by Crippen LogP contribution is -2.38. The zero-order valence-corrected chi connectivity index (χ0v) is 12.3. The van der Waals surface area contributed by atoms with Gasteiger partial charge in [0.15, 0.2) is 0 Å². The van der Waals surface area contributed by atoms with Crippen molar-refractivity contribution in [1.29, 1.82) is 0 Å². The Balaban J connectivity index is 2.29. The monoisotopic (exact) mass is 305 g/mol. The van der Waals surface area contributed by atoms with Crippen LogP contribution in [0, 0.1) is 11.7 Å². The highest BCUT2D eigenvalue weighted by Crippen LogP contribution is 2.25. The fourth-order valence-corrected chi connectivity index (χ4v) is 3.88. The smallest absolute Gasteiger partial charge is 0.207 e. The van der Waals surface area contributed by atoms with Gasteiger partial charge in [0.25, 0.3) is 0 Å². The molecule has 0 bridgehead atoms. The van der Waals surface area contributed by atoms with Gasteiger partial charge in [0.2, 0.25) is 10.0 Å². The lowest BCUT2D eigenvalue weighted by atomic mass is 10.0. The number of halogens is 2. The van der Waals surface area contributed by atoms with Crippen LogP contribution in [-0.2, 0) is 15.9 Å². The molecule has 0 saturated carbocycles. The summed E-state index contributed by atoms with van der Waals surface area (Å²) in [5.74, 6) is -0.0370. The minimum absolute atomic E-state index is 0.165. The predicted molar refractivity (Wildman–Crippen MR) is 73.1 cm³/mol. The second-order valence-corrected chi connectivity index (χ2v) is 7.16. The van der Waals surface area contributed by atoms with Gasteiger partial charge in [0.05, 0.1) is 0 Å². The number of hydrogen-bond donors (Lipinski definition) is 0. The van der Waals surface area contributed by atoms with Crippen LogP contribution in [0.1, 0.15) is 25.3 Å². The molecule has 0 spiro atoms. The van der Waals surface area contributed by atoms with Gasteiger partial charge >= 0.3 is 0 Å². The molecule has 0 aromatic heterocycles. The van der Waals surface area contributed by atoms with Crippen LogP contribution in [0.25, 0.3) is 0 Å². The molecule has 0 amide bonds. The van der Waals surface area contributed by atoms with E-state index in [-0.39, 0.29) is 10.8 Å². The molecule has 1 fully saturated rings. The van der Waals surface area contributed by atoms with Gasteiger partial charge in [-0.15, -0.1) is 11.6 Å². The number of rotatable bonds is 3. The first kappa shape index (κ1) is 14.8. The maximum atomic E-state index is 13.9. The molecule has 3 nitrogen and oxygen atoms in total. The summed E-state index contributed by atoms with van der Waals surface area (Å²) in [6.07, 6.45) is 1.64. The van der Waals surface area contributed by atoms with Crippen molar-refractivity contribution < 1.29 is 12.8 Å². The van der Waals surface area contributed by atoms with Crippen LogP contribution in [-0.4, -0.2) is 25.8 Å². The molecular weight excluding hydrogens is 289 g/mol. The minimum Gasteiger partial charge on any atom is -0.207 e. The van der Waals surface area contributed by atoms with Gasteiger partial charge in [-0.3, -0.25) is 0 Å². The van der Waals surface area contributed by atoms with E-state index in [1.54, 1.807) is 6.07 Å². The summed E-state index contributed by atoms with van der Waals surface area (Å²) >= 11 is 5.60. The van der Waals surface area contributed by atoms with Gasteiger partial charge in [-0.2, -0.15) is 4.31 Å². The van der Waals surface area contributed by atoms with Crippen LogP contribution < -0.4 is 0 Å². The number of nitrogens with zero attached hydrogens (tertiary/aromatic N) is 1. The highest BCUT2D eigenvalue weighted by Gasteiger charge is 2.30. The highest BCUT2D eigenvalue weighted by molar-refractivity contribution is 7.89. The van der Waals surface area contributed by atoms with Gasteiger partial charge < -0.3 is 0 Å². The summed E-state index contributed by atoms with van der Waals surface area (Å²) in [7, 11) is -3.73. The number of piperidine rings is 1. The van der Waals surface area contributed by atoms with Crippen molar-refractivity contribution in [1.82, 2.24) is 4.31 Å². The number of benzene rings is 1. The number of hydrogen-bond acceptors (Lipinski definition) is 2. The van der Waals surface area contributed by atoms with Gasteiger partial charge in [-0.25, -0.2) is 12.8 Å². The van der Waals surface area contributed by atoms with E-state index >= 15 is 0 Å². The summed E-state index contributed by atoms with van der Waals surface area (Å²) in [6, 6.07) is 4.04. The fraction of sp³-hybridized carbons (Fsp3) is 0.538. The SMILES string of the molecule is CC1CCN(S(=O)(=O)c2ccc(CCl)cc2F)CC1. The average molecular weight is 306 g/mol. The Morgan fingerprint density at radius 1 is 1.37 bits per heavy atom. The Bertz CT molecular complexity index is 554. The molecule has 1 aliphatic heterocycles. The molecule has 106 valence electrons. The summed E-state index contributed by atoms with van der Waals surface area (Å²) in [5.41, 5.74) is 0.574. The van der Waals surface area contributed by atoms with Crippen molar-refractivity contribution >= 4 is 21.6 Å². The molecule has 0 atom stereocenters. The van der Waals surface area contributed by atoms with Crippen molar-refractivity contribution in [3.05, 3.63) is 29.6 Å². The third-order valence-corrected chi connectivity index (χ3v) is 5.75. The van der Waals surface area contributed by atoms with Gasteiger partial charge in [-0.05, 0) is 36.5 Å².